The summed E-state index contributed by atoms with van der Waals surface area (Å²) in [6.45, 7) is 0. The normalized spacial score (nSPS) is 30.2. The van der Waals surface area contributed by atoms with Gasteiger partial charge in [-0.3, -0.25) is 0 Å². The van der Waals surface area contributed by atoms with Gasteiger partial charge in [-0.25, -0.2) is 4.39 Å². The smallest absolute Gasteiger partial charge is 0.126 e. The molecule has 2 saturated carbocycles. The van der Waals surface area contributed by atoms with E-state index >= 15 is 0 Å². The van der Waals surface area contributed by atoms with Crippen molar-refractivity contribution in [1.82, 2.24) is 5.32 Å². The largest absolute Gasteiger partial charge is 0.488 e. The highest BCUT2D eigenvalue weighted by atomic mass is 19.1. The van der Waals surface area contributed by atoms with E-state index in [0.717, 1.165) is 19.3 Å². The van der Waals surface area contributed by atoms with Crippen molar-refractivity contribution in [2.75, 3.05) is 0 Å². The van der Waals surface area contributed by atoms with E-state index in [-0.39, 0.29) is 18.0 Å². The van der Waals surface area contributed by atoms with Crippen LogP contribution in [0.15, 0.2) is 24.3 Å². The van der Waals surface area contributed by atoms with Crippen molar-refractivity contribution in [3.05, 3.63) is 30.1 Å². The van der Waals surface area contributed by atoms with Crippen molar-refractivity contribution in [2.24, 2.45) is 0 Å². The summed E-state index contributed by atoms with van der Waals surface area (Å²) in [4.78, 5) is 0. The molecule has 122 valence electrons. The summed E-state index contributed by atoms with van der Waals surface area (Å²) in [6, 6.07) is 6.69. The molecule has 3 rings (SSSR count). The second-order valence-corrected chi connectivity index (χ2v) is 6.64. The van der Waals surface area contributed by atoms with Crippen molar-refractivity contribution in [2.45, 2.75) is 75.7 Å². The van der Waals surface area contributed by atoms with E-state index in [4.69, 9.17) is 4.74 Å². The number of ether oxygens (including phenoxy) is 1. The minimum atomic E-state index is -0.499. The van der Waals surface area contributed by atoms with Crippen LogP contribution in [0.4, 0.5) is 4.39 Å². The van der Waals surface area contributed by atoms with E-state index in [1.54, 1.807) is 12.1 Å². The van der Waals surface area contributed by atoms with Crippen LogP contribution in [0.2, 0.25) is 0 Å². The SMILES string of the molecule is O[C@@H]1[C@@H](NC2CCCCC2)CCC[C@H]1Oc1ccc(F)cc1. The van der Waals surface area contributed by atoms with Gasteiger partial charge in [-0.1, -0.05) is 19.3 Å². The molecule has 3 nitrogen and oxygen atoms in total. The molecule has 0 spiro atoms. The maximum absolute atomic E-state index is 12.9. The van der Waals surface area contributed by atoms with Gasteiger partial charge in [0.05, 0.1) is 0 Å². The number of hydrogen-bond donors (Lipinski definition) is 2. The third-order valence-corrected chi connectivity index (χ3v) is 4.95. The van der Waals surface area contributed by atoms with Gasteiger partial charge < -0.3 is 15.2 Å². The molecule has 0 heterocycles. The fourth-order valence-electron chi connectivity index (χ4n) is 3.71. The number of rotatable bonds is 4. The molecule has 0 aliphatic heterocycles. The molecule has 0 aromatic heterocycles. The summed E-state index contributed by atoms with van der Waals surface area (Å²) in [7, 11) is 0. The van der Waals surface area contributed by atoms with E-state index in [1.807, 2.05) is 0 Å². The van der Waals surface area contributed by atoms with Crippen LogP contribution < -0.4 is 10.1 Å². The molecule has 0 amide bonds. The summed E-state index contributed by atoms with van der Waals surface area (Å²) >= 11 is 0. The van der Waals surface area contributed by atoms with Gasteiger partial charge in [-0.05, 0) is 56.4 Å². The Morgan fingerprint density at radius 1 is 0.955 bits per heavy atom. The Morgan fingerprint density at radius 2 is 1.68 bits per heavy atom. The Bertz CT molecular complexity index is 459. The highest BCUT2D eigenvalue weighted by Crippen LogP contribution is 2.26. The zero-order chi connectivity index (χ0) is 15.4. The highest BCUT2D eigenvalue weighted by molar-refractivity contribution is 5.22. The number of halogens is 1. The predicted molar refractivity (Wildman–Crippen MR) is 84.5 cm³/mol. The van der Waals surface area contributed by atoms with Crippen LogP contribution in [0.5, 0.6) is 5.75 Å². The van der Waals surface area contributed by atoms with Crippen molar-refractivity contribution in [1.29, 1.82) is 0 Å². The lowest BCUT2D eigenvalue weighted by molar-refractivity contribution is -0.0191. The lowest BCUT2D eigenvalue weighted by Crippen LogP contribution is -2.54. The molecule has 2 N–H and O–H groups in total. The van der Waals surface area contributed by atoms with Crippen LogP contribution >= 0.6 is 0 Å². The molecular formula is C18H26FNO2. The van der Waals surface area contributed by atoms with Gasteiger partial charge in [0.25, 0.3) is 0 Å². The summed E-state index contributed by atoms with van der Waals surface area (Å²) in [6.07, 6.45) is 8.53. The monoisotopic (exact) mass is 307 g/mol. The van der Waals surface area contributed by atoms with Gasteiger partial charge >= 0.3 is 0 Å². The number of hydrogen-bond acceptors (Lipinski definition) is 3. The second-order valence-electron chi connectivity index (χ2n) is 6.64. The third-order valence-electron chi connectivity index (χ3n) is 4.95. The van der Waals surface area contributed by atoms with Crippen molar-refractivity contribution >= 4 is 0 Å². The average Bonchev–Trinajstić information content (AvgIpc) is 2.54. The van der Waals surface area contributed by atoms with Crippen LogP contribution in [-0.4, -0.2) is 29.4 Å². The van der Waals surface area contributed by atoms with Crippen LogP contribution in [-0.2, 0) is 0 Å². The molecule has 3 atom stereocenters. The Hall–Kier alpha value is -1.13. The quantitative estimate of drug-likeness (QED) is 0.895. The standard InChI is InChI=1S/C18H26FNO2/c19-13-9-11-15(12-10-13)22-17-8-4-7-16(18(17)21)20-14-5-2-1-3-6-14/h9-12,14,16-18,20-21H,1-8H2/t16-,17+,18+/m0/s1. The maximum atomic E-state index is 12.9. The Kier molecular flexibility index (Phi) is 5.32. The van der Waals surface area contributed by atoms with Crippen molar-refractivity contribution in [3.8, 4) is 5.75 Å². The number of benzene rings is 1. The first-order valence-corrected chi connectivity index (χ1v) is 8.59. The summed E-state index contributed by atoms with van der Waals surface area (Å²) in [5.41, 5.74) is 0. The summed E-state index contributed by atoms with van der Waals surface area (Å²) < 4.78 is 18.8. The van der Waals surface area contributed by atoms with Crippen LogP contribution in [0.3, 0.4) is 0 Å². The molecule has 0 bridgehead atoms. The second kappa shape index (κ2) is 7.42. The number of aliphatic hydroxyl groups is 1. The molecule has 2 aliphatic rings. The van der Waals surface area contributed by atoms with Gasteiger partial charge in [0.2, 0.25) is 0 Å². The zero-order valence-electron chi connectivity index (χ0n) is 13.0. The molecule has 1 aromatic rings. The summed E-state index contributed by atoms with van der Waals surface area (Å²) in [5, 5.41) is 14.3. The van der Waals surface area contributed by atoms with E-state index in [2.05, 4.69) is 5.32 Å². The fourth-order valence-corrected chi connectivity index (χ4v) is 3.71. The average molecular weight is 307 g/mol. The third kappa shape index (κ3) is 3.99. The maximum Gasteiger partial charge on any atom is 0.126 e. The molecule has 0 saturated heterocycles. The van der Waals surface area contributed by atoms with E-state index in [0.29, 0.717) is 11.8 Å². The van der Waals surface area contributed by atoms with Crippen LogP contribution in [0, 0.1) is 5.82 Å². The predicted octanol–water partition coefficient (Wildman–Crippen LogP) is 3.41. The first-order valence-electron chi connectivity index (χ1n) is 8.59. The van der Waals surface area contributed by atoms with Crippen molar-refractivity contribution < 1.29 is 14.2 Å². The van der Waals surface area contributed by atoms with Crippen molar-refractivity contribution in [3.63, 3.8) is 0 Å². The molecule has 0 unspecified atom stereocenters. The van der Waals surface area contributed by atoms with Gasteiger partial charge in [0.15, 0.2) is 0 Å². The van der Waals surface area contributed by atoms with Gasteiger partial charge in [-0.2, -0.15) is 0 Å². The van der Waals surface area contributed by atoms with Crippen LogP contribution in [0.25, 0.3) is 0 Å². The van der Waals surface area contributed by atoms with Gasteiger partial charge in [0.1, 0.15) is 23.8 Å². The molecule has 0 radical (unpaired) electrons. The number of nitrogens with one attached hydrogen (secondary N) is 1. The topological polar surface area (TPSA) is 41.5 Å². The van der Waals surface area contributed by atoms with E-state index in [1.165, 1.54) is 44.2 Å². The van der Waals surface area contributed by atoms with Gasteiger partial charge in [-0.15, -0.1) is 0 Å². The lowest BCUT2D eigenvalue weighted by Gasteiger charge is -2.38. The highest BCUT2D eigenvalue weighted by Gasteiger charge is 2.34. The Balaban J connectivity index is 1.57. The van der Waals surface area contributed by atoms with E-state index in [9.17, 15) is 9.50 Å². The molecule has 2 aliphatic carbocycles. The molecular weight excluding hydrogens is 281 g/mol. The van der Waals surface area contributed by atoms with E-state index < -0.39 is 6.10 Å². The minimum absolute atomic E-state index is 0.113. The molecule has 1 aromatic carbocycles. The van der Waals surface area contributed by atoms with Gasteiger partial charge in [0, 0.05) is 12.1 Å². The molecule has 22 heavy (non-hydrogen) atoms. The minimum Gasteiger partial charge on any atom is -0.488 e. The van der Waals surface area contributed by atoms with Crippen LogP contribution in [0.1, 0.15) is 51.4 Å². The first-order chi connectivity index (χ1) is 10.7. The Labute approximate surface area is 131 Å². The molecule has 2 fully saturated rings. The lowest BCUT2D eigenvalue weighted by atomic mass is 9.87. The zero-order valence-corrected chi connectivity index (χ0v) is 13.0. The molecule has 4 heteroatoms. The number of aliphatic hydroxyl groups excluding tert-OH is 1. The first kappa shape index (κ1) is 15.8. The summed E-state index contributed by atoms with van der Waals surface area (Å²) in [5.74, 6) is 0.358. The Morgan fingerprint density at radius 3 is 2.41 bits per heavy atom. The fraction of sp³-hybridized carbons (Fsp3) is 0.667.